The predicted molar refractivity (Wildman–Crippen MR) is 66.4 cm³/mol. The van der Waals surface area contributed by atoms with Gasteiger partial charge in [0.15, 0.2) is 11.6 Å². The van der Waals surface area contributed by atoms with Crippen molar-refractivity contribution in [2.45, 2.75) is 12.5 Å². The summed E-state index contributed by atoms with van der Waals surface area (Å²) >= 11 is 0. The first-order chi connectivity index (χ1) is 9.85. The zero-order valence-corrected chi connectivity index (χ0v) is 11.0. The molecular weight excluding hydrogens is 293 g/mol. The Labute approximate surface area is 117 Å². The van der Waals surface area contributed by atoms with Crippen LogP contribution in [0.1, 0.15) is 6.42 Å². The average molecular weight is 306 g/mol. The van der Waals surface area contributed by atoms with Crippen LogP contribution < -0.4 is 10.6 Å². The van der Waals surface area contributed by atoms with Gasteiger partial charge in [-0.1, -0.05) is 0 Å². The zero-order valence-electron chi connectivity index (χ0n) is 11.0. The molecule has 1 aromatic carbocycles. The maximum Gasteiger partial charge on any atom is 0.326 e. The molecule has 1 atom stereocenters. The van der Waals surface area contributed by atoms with Crippen molar-refractivity contribution >= 4 is 17.7 Å². The molecule has 0 fully saturated rings. The van der Waals surface area contributed by atoms with Crippen molar-refractivity contribution in [3.8, 4) is 0 Å². The summed E-state index contributed by atoms with van der Waals surface area (Å²) in [4.78, 5) is 22.4. The van der Waals surface area contributed by atoms with Gasteiger partial charge in [-0.3, -0.25) is 0 Å². The number of carbonyl (C=O) groups excluding carboxylic acids is 1. The van der Waals surface area contributed by atoms with Crippen LogP contribution in [0, 0.1) is 17.5 Å². The number of anilines is 1. The molecule has 116 valence electrons. The van der Waals surface area contributed by atoms with Gasteiger partial charge in [0.1, 0.15) is 17.5 Å². The minimum absolute atomic E-state index is 0.0341. The fourth-order valence-electron chi connectivity index (χ4n) is 1.46. The Morgan fingerprint density at radius 3 is 2.33 bits per heavy atom. The predicted octanol–water partition coefficient (Wildman–Crippen LogP) is 1.72. The highest BCUT2D eigenvalue weighted by molar-refractivity contribution is 5.92. The van der Waals surface area contributed by atoms with E-state index in [1.54, 1.807) is 5.32 Å². The molecule has 0 aliphatic heterocycles. The number of hydrogen-bond acceptors (Lipinski definition) is 3. The van der Waals surface area contributed by atoms with Gasteiger partial charge >= 0.3 is 12.0 Å². The molecule has 0 saturated carbocycles. The van der Waals surface area contributed by atoms with Crippen molar-refractivity contribution in [3.05, 3.63) is 29.6 Å². The highest BCUT2D eigenvalue weighted by atomic mass is 19.1. The van der Waals surface area contributed by atoms with E-state index in [1.807, 2.05) is 5.32 Å². The molecule has 0 aliphatic carbocycles. The van der Waals surface area contributed by atoms with Gasteiger partial charge in [0.2, 0.25) is 0 Å². The minimum Gasteiger partial charge on any atom is -0.480 e. The molecule has 1 unspecified atom stereocenters. The first-order valence-electron chi connectivity index (χ1n) is 5.79. The first-order valence-corrected chi connectivity index (χ1v) is 5.79. The zero-order chi connectivity index (χ0) is 16.0. The monoisotopic (exact) mass is 306 g/mol. The third kappa shape index (κ3) is 4.95. The first kappa shape index (κ1) is 16.8. The van der Waals surface area contributed by atoms with Gasteiger partial charge in [-0.2, -0.15) is 0 Å². The summed E-state index contributed by atoms with van der Waals surface area (Å²) in [5, 5.41) is 12.7. The summed E-state index contributed by atoms with van der Waals surface area (Å²) < 4.78 is 44.0. The Morgan fingerprint density at radius 2 is 1.86 bits per heavy atom. The summed E-state index contributed by atoms with van der Waals surface area (Å²) in [5.41, 5.74) is -0.871. The van der Waals surface area contributed by atoms with Crippen LogP contribution in [-0.4, -0.2) is 36.9 Å². The molecular formula is C12H13F3N2O4. The van der Waals surface area contributed by atoms with E-state index >= 15 is 0 Å². The lowest BCUT2D eigenvalue weighted by molar-refractivity contribution is -0.139. The number of aliphatic carboxylic acids is 1. The van der Waals surface area contributed by atoms with Crippen molar-refractivity contribution in [1.29, 1.82) is 0 Å². The van der Waals surface area contributed by atoms with E-state index < -0.39 is 41.2 Å². The number of amides is 2. The number of urea groups is 1. The van der Waals surface area contributed by atoms with Crippen LogP contribution in [0.4, 0.5) is 23.7 Å². The molecule has 2 amide bonds. The number of carbonyl (C=O) groups is 2. The second-order valence-corrected chi connectivity index (χ2v) is 4.02. The summed E-state index contributed by atoms with van der Waals surface area (Å²) in [6.07, 6.45) is -0.0341. The van der Waals surface area contributed by atoms with Crippen LogP contribution >= 0.6 is 0 Å². The van der Waals surface area contributed by atoms with Gasteiger partial charge in [0.05, 0.1) is 0 Å². The van der Waals surface area contributed by atoms with Gasteiger partial charge in [0, 0.05) is 32.3 Å². The fraction of sp³-hybridized carbons (Fsp3) is 0.333. The van der Waals surface area contributed by atoms with Gasteiger partial charge < -0.3 is 20.5 Å². The van der Waals surface area contributed by atoms with E-state index in [1.165, 1.54) is 7.11 Å². The molecule has 1 aromatic rings. The van der Waals surface area contributed by atoms with Crippen LogP contribution in [0.5, 0.6) is 0 Å². The van der Waals surface area contributed by atoms with Crippen LogP contribution in [0.15, 0.2) is 12.1 Å². The number of hydrogen-bond donors (Lipinski definition) is 3. The van der Waals surface area contributed by atoms with Crippen LogP contribution in [0.3, 0.4) is 0 Å². The Kier molecular flexibility index (Phi) is 5.97. The van der Waals surface area contributed by atoms with Crippen molar-refractivity contribution < 1.29 is 32.6 Å². The van der Waals surface area contributed by atoms with Gasteiger partial charge in [-0.25, -0.2) is 22.8 Å². The van der Waals surface area contributed by atoms with Gasteiger partial charge in [-0.05, 0) is 0 Å². The van der Waals surface area contributed by atoms with E-state index in [9.17, 15) is 22.8 Å². The van der Waals surface area contributed by atoms with Gasteiger partial charge in [-0.15, -0.1) is 0 Å². The standard InChI is InChI=1S/C12H13F3N2O4/c1-21-3-2-9(11(18)19)16-12(20)17-10-7(14)4-6(13)5-8(10)15/h4-5,9H,2-3H2,1H3,(H,18,19)(H2,16,17,20). The normalized spacial score (nSPS) is 11.8. The lowest BCUT2D eigenvalue weighted by Crippen LogP contribution is -2.43. The Morgan fingerprint density at radius 1 is 1.29 bits per heavy atom. The molecule has 9 heteroatoms. The van der Waals surface area contributed by atoms with E-state index in [4.69, 9.17) is 5.11 Å². The van der Waals surface area contributed by atoms with E-state index in [-0.39, 0.29) is 13.0 Å². The molecule has 0 radical (unpaired) electrons. The van der Waals surface area contributed by atoms with E-state index in [0.29, 0.717) is 12.1 Å². The number of rotatable bonds is 6. The fourth-order valence-corrected chi connectivity index (χ4v) is 1.46. The molecule has 0 bridgehead atoms. The second-order valence-electron chi connectivity index (χ2n) is 4.02. The van der Waals surface area contributed by atoms with Crippen LogP contribution in [-0.2, 0) is 9.53 Å². The van der Waals surface area contributed by atoms with Crippen LogP contribution in [0.2, 0.25) is 0 Å². The third-order valence-electron chi connectivity index (χ3n) is 2.46. The number of benzene rings is 1. The highest BCUT2D eigenvalue weighted by Crippen LogP contribution is 2.19. The summed E-state index contributed by atoms with van der Waals surface area (Å²) in [5.74, 6) is -5.10. The minimum atomic E-state index is -1.33. The molecule has 0 aliphatic rings. The molecule has 0 aromatic heterocycles. The molecule has 21 heavy (non-hydrogen) atoms. The number of methoxy groups -OCH3 is 1. The molecule has 3 N–H and O–H groups in total. The van der Waals surface area contributed by atoms with E-state index in [2.05, 4.69) is 4.74 Å². The average Bonchev–Trinajstić information content (AvgIpc) is 2.38. The number of carboxylic acid groups (broad SMARTS) is 1. The lowest BCUT2D eigenvalue weighted by Gasteiger charge is -2.15. The second kappa shape index (κ2) is 7.48. The summed E-state index contributed by atoms with van der Waals surface area (Å²) in [6.45, 7) is 0.0660. The van der Waals surface area contributed by atoms with Crippen molar-refractivity contribution in [3.63, 3.8) is 0 Å². The van der Waals surface area contributed by atoms with E-state index in [0.717, 1.165) is 0 Å². The number of ether oxygens (including phenoxy) is 1. The van der Waals surface area contributed by atoms with Crippen LogP contribution in [0.25, 0.3) is 0 Å². The highest BCUT2D eigenvalue weighted by Gasteiger charge is 2.21. The van der Waals surface area contributed by atoms with Crippen molar-refractivity contribution in [2.75, 3.05) is 19.0 Å². The smallest absolute Gasteiger partial charge is 0.326 e. The molecule has 6 nitrogen and oxygen atoms in total. The number of halogens is 3. The van der Waals surface area contributed by atoms with Crippen molar-refractivity contribution in [2.24, 2.45) is 0 Å². The maximum absolute atomic E-state index is 13.3. The molecule has 0 saturated heterocycles. The summed E-state index contributed by atoms with van der Waals surface area (Å²) in [7, 11) is 1.35. The SMILES string of the molecule is COCCC(NC(=O)Nc1c(F)cc(F)cc1F)C(=O)O. The Hall–Kier alpha value is -2.29. The Bertz CT molecular complexity index is 516. The maximum atomic E-state index is 13.3. The van der Waals surface area contributed by atoms with Crippen molar-refractivity contribution in [1.82, 2.24) is 5.32 Å². The molecule has 1 rings (SSSR count). The largest absolute Gasteiger partial charge is 0.480 e. The molecule has 0 heterocycles. The Balaban J connectivity index is 2.74. The quantitative estimate of drug-likeness (QED) is 0.746. The topological polar surface area (TPSA) is 87.7 Å². The summed E-state index contributed by atoms with van der Waals surface area (Å²) in [6, 6.07) is -1.66. The van der Waals surface area contributed by atoms with Gasteiger partial charge in [0.25, 0.3) is 0 Å². The molecule has 0 spiro atoms. The number of carboxylic acids is 1. The lowest BCUT2D eigenvalue weighted by atomic mass is 10.2. The third-order valence-corrected chi connectivity index (χ3v) is 2.46. The number of nitrogens with one attached hydrogen (secondary N) is 2.